The van der Waals surface area contributed by atoms with Gasteiger partial charge in [-0.3, -0.25) is 0 Å². The summed E-state index contributed by atoms with van der Waals surface area (Å²) in [7, 11) is 0. The summed E-state index contributed by atoms with van der Waals surface area (Å²) in [5, 5.41) is 0. The molecular formula is C3H2I4. The van der Waals surface area contributed by atoms with Gasteiger partial charge in [-0.25, -0.2) is 0 Å². The quantitative estimate of drug-likeness (QED) is 0.347. The van der Waals surface area contributed by atoms with Gasteiger partial charge in [0.25, 0.3) is 0 Å². The molecule has 0 N–H and O–H groups in total. The largest absolute Gasteiger partial charge is 0.0806 e. The Labute approximate surface area is 97.8 Å². The SMILES string of the molecule is ICC(I)=C(I)I. The second-order valence-corrected chi connectivity index (χ2v) is 7.09. The van der Waals surface area contributed by atoms with E-state index in [4.69, 9.17) is 0 Å². The molecule has 0 heterocycles. The Morgan fingerprint density at radius 2 is 1.57 bits per heavy atom. The van der Waals surface area contributed by atoms with Crippen LogP contribution in [0.3, 0.4) is 0 Å². The fraction of sp³-hybridized carbons (Fsp3) is 0.333. The van der Waals surface area contributed by atoms with E-state index in [0.717, 1.165) is 4.43 Å². The highest BCUT2D eigenvalue weighted by Gasteiger charge is 1.90. The lowest BCUT2D eigenvalue weighted by Crippen LogP contribution is -1.66. The molecule has 0 radical (unpaired) electrons. The first kappa shape index (κ1) is 9.66. The Bertz CT molecular complexity index is 80.9. The van der Waals surface area contributed by atoms with E-state index in [0.29, 0.717) is 0 Å². The molecule has 0 saturated carbocycles. The Kier molecular flexibility index (Phi) is 7.51. The van der Waals surface area contributed by atoms with Crippen molar-refractivity contribution in [1.82, 2.24) is 0 Å². The Hall–Kier alpha value is 2.66. The highest BCUT2D eigenvalue weighted by Crippen LogP contribution is 2.26. The van der Waals surface area contributed by atoms with Crippen LogP contribution in [0.2, 0.25) is 0 Å². The summed E-state index contributed by atoms with van der Waals surface area (Å²) < 4.78 is 3.96. The minimum absolute atomic E-state index is 1.14. The average Bonchev–Trinajstić information content (AvgIpc) is 1.65. The number of hydrogen-bond acceptors (Lipinski definition) is 0. The molecule has 4 heteroatoms. The summed E-state index contributed by atoms with van der Waals surface area (Å²) in [4.78, 5) is 0. The van der Waals surface area contributed by atoms with Gasteiger partial charge in [-0.05, 0) is 67.8 Å². The van der Waals surface area contributed by atoms with Crippen molar-refractivity contribution in [3.8, 4) is 0 Å². The summed E-state index contributed by atoms with van der Waals surface area (Å²) in [5.74, 6) is 0. The lowest BCUT2D eigenvalue weighted by molar-refractivity contribution is 1.86. The molecule has 0 aliphatic carbocycles. The third-order valence-corrected chi connectivity index (χ3v) is 6.83. The Balaban J connectivity index is 3.72. The third kappa shape index (κ3) is 5.12. The smallest absolute Gasteiger partial charge is 0.0614 e. The van der Waals surface area contributed by atoms with Crippen LogP contribution in [0.4, 0.5) is 0 Å². The molecule has 0 rings (SSSR count). The summed E-state index contributed by atoms with van der Waals surface area (Å²) >= 11 is 9.35. The second-order valence-electron chi connectivity index (χ2n) is 0.799. The Morgan fingerprint density at radius 3 is 1.57 bits per heavy atom. The monoisotopic (exact) mass is 546 g/mol. The summed E-state index contributed by atoms with van der Waals surface area (Å²) in [6, 6.07) is 0. The minimum Gasteiger partial charge on any atom is -0.0806 e. The molecule has 0 amide bonds. The van der Waals surface area contributed by atoms with Gasteiger partial charge < -0.3 is 0 Å². The van der Waals surface area contributed by atoms with Crippen LogP contribution in [0.1, 0.15) is 0 Å². The average molecular weight is 546 g/mol. The highest BCUT2D eigenvalue weighted by molar-refractivity contribution is 14.2. The summed E-state index contributed by atoms with van der Waals surface area (Å²) in [6.07, 6.45) is 0. The summed E-state index contributed by atoms with van der Waals surface area (Å²) in [5.41, 5.74) is 0. The first-order valence-electron chi connectivity index (χ1n) is 1.44. The van der Waals surface area contributed by atoms with Crippen LogP contribution < -0.4 is 0 Å². The van der Waals surface area contributed by atoms with Crippen LogP contribution in [-0.2, 0) is 0 Å². The predicted octanol–water partition coefficient (Wildman–Crippen LogP) is 3.90. The number of halogens is 4. The van der Waals surface area contributed by atoms with Crippen LogP contribution in [0.5, 0.6) is 0 Å². The topological polar surface area (TPSA) is 0 Å². The molecular weight excluding hydrogens is 544 g/mol. The van der Waals surface area contributed by atoms with Crippen molar-refractivity contribution in [2.45, 2.75) is 0 Å². The highest BCUT2D eigenvalue weighted by atomic mass is 127. The molecule has 0 aliphatic heterocycles. The van der Waals surface area contributed by atoms with E-state index in [1.165, 1.54) is 5.17 Å². The van der Waals surface area contributed by atoms with E-state index in [1.54, 1.807) is 0 Å². The first-order valence-corrected chi connectivity index (χ1v) is 6.20. The van der Waals surface area contributed by atoms with Gasteiger partial charge in [-0.1, -0.05) is 22.6 Å². The van der Waals surface area contributed by atoms with Crippen molar-refractivity contribution in [1.29, 1.82) is 0 Å². The molecule has 7 heavy (non-hydrogen) atoms. The zero-order valence-electron chi connectivity index (χ0n) is 3.22. The molecule has 0 unspecified atom stereocenters. The van der Waals surface area contributed by atoms with Gasteiger partial charge in [0.1, 0.15) is 0 Å². The molecule has 0 saturated heterocycles. The Morgan fingerprint density at radius 1 is 1.14 bits per heavy atom. The van der Waals surface area contributed by atoms with E-state index in [1.807, 2.05) is 0 Å². The molecule has 0 atom stereocenters. The van der Waals surface area contributed by atoms with Gasteiger partial charge in [0.15, 0.2) is 0 Å². The zero-order chi connectivity index (χ0) is 5.86. The molecule has 0 aliphatic rings. The standard InChI is InChI=1S/C3H2I4/c4-1-2(5)3(6)7/h1H2. The van der Waals surface area contributed by atoms with E-state index in [2.05, 4.69) is 90.4 Å². The van der Waals surface area contributed by atoms with Crippen molar-refractivity contribution in [2.24, 2.45) is 0 Å². The first-order chi connectivity index (χ1) is 3.18. The van der Waals surface area contributed by atoms with Crippen molar-refractivity contribution in [3.05, 3.63) is 5.17 Å². The molecule has 42 valence electrons. The molecule has 0 aromatic rings. The van der Waals surface area contributed by atoms with Gasteiger partial charge in [0.05, 0.1) is 1.59 Å². The van der Waals surface area contributed by atoms with Gasteiger partial charge in [-0.2, -0.15) is 0 Å². The zero-order valence-corrected chi connectivity index (χ0v) is 11.8. The number of allylic oxidation sites excluding steroid dienone is 1. The molecule has 0 aromatic heterocycles. The molecule has 0 bridgehead atoms. The maximum Gasteiger partial charge on any atom is 0.0614 e. The number of rotatable bonds is 1. The van der Waals surface area contributed by atoms with Gasteiger partial charge in [0.2, 0.25) is 0 Å². The van der Waals surface area contributed by atoms with Gasteiger partial charge >= 0.3 is 0 Å². The normalized spacial score (nSPS) is 8.57. The van der Waals surface area contributed by atoms with E-state index in [9.17, 15) is 0 Å². The predicted molar refractivity (Wildman–Crippen MR) is 68.0 cm³/mol. The second kappa shape index (κ2) is 5.45. The third-order valence-electron chi connectivity index (χ3n) is 0.322. The van der Waals surface area contributed by atoms with E-state index >= 15 is 0 Å². The molecule has 0 spiro atoms. The van der Waals surface area contributed by atoms with Crippen LogP contribution in [-0.4, -0.2) is 4.43 Å². The van der Waals surface area contributed by atoms with Crippen molar-refractivity contribution in [3.63, 3.8) is 0 Å². The van der Waals surface area contributed by atoms with Crippen LogP contribution in [0.15, 0.2) is 5.17 Å². The van der Waals surface area contributed by atoms with Crippen molar-refractivity contribution >= 4 is 90.4 Å². The van der Waals surface area contributed by atoms with Crippen LogP contribution in [0.25, 0.3) is 0 Å². The molecule has 0 aromatic carbocycles. The maximum atomic E-state index is 2.35. The fourth-order valence-corrected chi connectivity index (χ4v) is 2.27. The van der Waals surface area contributed by atoms with Crippen molar-refractivity contribution in [2.75, 3.05) is 4.43 Å². The fourth-order valence-electron chi connectivity index (χ4n) is 0.0505. The van der Waals surface area contributed by atoms with E-state index in [-0.39, 0.29) is 0 Å². The van der Waals surface area contributed by atoms with E-state index < -0.39 is 0 Å². The minimum atomic E-state index is 1.14. The molecule has 0 fully saturated rings. The van der Waals surface area contributed by atoms with Crippen molar-refractivity contribution < 1.29 is 0 Å². The molecule has 0 nitrogen and oxygen atoms in total. The number of hydrogen-bond donors (Lipinski definition) is 0. The van der Waals surface area contributed by atoms with Crippen LogP contribution >= 0.6 is 90.4 Å². The summed E-state index contributed by atoms with van der Waals surface area (Å²) in [6.45, 7) is 0. The van der Waals surface area contributed by atoms with Crippen LogP contribution in [0, 0.1) is 0 Å². The number of alkyl halides is 1. The van der Waals surface area contributed by atoms with Gasteiger partial charge in [0, 0.05) is 8.01 Å². The lowest BCUT2D eigenvalue weighted by atomic mass is 10.8. The van der Waals surface area contributed by atoms with Gasteiger partial charge in [-0.15, -0.1) is 0 Å². The lowest BCUT2D eigenvalue weighted by Gasteiger charge is -1.87. The maximum absolute atomic E-state index is 2.35.